The van der Waals surface area contributed by atoms with Crippen molar-refractivity contribution in [2.45, 2.75) is 32.2 Å². The first-order chi connectivity index (χ1) is 6.24. The maximum atomic E-state index is 5.76. The predicted molar refractivity (Wildman–Crippen MR) is 51.6 cm³/mol. The summed E-state index contributed by atoms with van der Waals surface area (Å²) < 4.78 is 2.12. The Morgan fingerprint density at radius 3 is 2.92 bits per heavy atom. The van der Waals surface area contributed by atoms with Crippen molar-refractivity contribution >= 4 is 11.6 Å². The van der Waals surface area contributed by atoms with Gasteiger partial charge in [-0.1, -0.05) is 13.8 Å². The van der Waals surface area contributed by atoms with Gasteiger partial charge in [0.25, 0.3) is 0 Å². The summed E-state index contributed by atoms with van der Waals surface area (Å²) in [6.07, 6.45) is 3.02. The summed E-state index contributed by atoms with van der Waals surface area (Å²) in [5, 5.41) is 7.86. The maximum Gasteiger partial charge on any atom is 0.148 e. The summed E-state index contributed by atoms with van der Waals surface area (Å²) in [5.41, 5.74) is 0. The number of alkyl halides is 1. The zero-order valence-electron chi connectivity index (χ0n) is 7.94. The minimum atomic E-state index is 0.456. The molecule has 1 heterocycles. The van der Waals surface area contributed by atoms with Gasteiger partial charge in [-0.2, -0.15) is 0 Å². The minimum absolute atomic E-state index is 0.456. The van der Waals surface area contributed by atoms with Crippen LogP contribution in [-0.2, 0) is 5.88 Å². The largest absolute Gasteiger partial charge is 0.313 e. The van der Waals surface area contributed by atoms with Crippen molar-refractivity contribution < 1.29 is 0 Å². The van der Waals surface area contributed by atoms with E-state index in [0.29, 0.717) is 11.9 Å². The highest BCUT2D eigenvalue weighted by Crippen LogP contribution is 2.43. The average Bonchev–Trinajstić information content (AvgIpc) is 2.60. The van der Waals surface area contributed by atoms with Gasteiger partial charge in [0.05, 0.1) is 5.88 Å². The Kier molecular flexibility index (Phi) is 2.28. The Labute approximate surface area is 83.1 Å². The molecule has 0 saturated heterocycles. The van der Waals surface area contributed by atoms with Gasteiger partial charge >= 0.3 is 0 Å². The molecule has 1 fully saturated rings. The van der Waals surface area contributed by atoms with Crippen LogP contribution in [0.25, 0.3) is 0 Å². The Balaban J connectivity index is 2.17. The van der Waals surface area contributed by atoms with Gasteiger partial charge in [0.2, 0.25) is 0 Å². The standard InChI is InChI=1S/C9H14ClN3/c1-6-3-8(7(6)2)13-5-11-12-9(13)4-10/h5-8H,3-4H2,1-2H3. The Hall–Kier alpha value is -0.570. The molecule has 0 radical (unpaired) electrons. The third kappa shape index (κ3) is 1.35. The summed E-state index contributed by atoms with van der Waals surface area (Å²) in [7, 11) is 0. The minimum Gasteiger partial charge on any atom is -0.313 e. The lowest BCUT2D eigenvalue weighted by molar-refractivity contribution is 0.109. The molecule has 1 aromatic heterocycles. The highest BCUT2D eigenvalue weighted by Gasteiger charge is 2.36. The van der Waals surface area contributed by atoms with Crippen LogP contribution in [0.5, 0.6) is 0 Å². The van der Waals surface area contributed by atoms with Crippen molar-refractivity contribution in [3.05, 3.63) is 12.2 Å². The first-order valence-electron chi connectivity index (χ1n) is 4.68. The van der Waals surface area contributed by atoms with Crippen LogP contribution in [0.1, 0.15) is 32.1 Å². The molecule has 3 atom stereocenters. The third-order valence-corrected chi connectivity index (χ3v) is 3.48. The second-order valence-electron chi connectivity index (χ2n) is 3.93. The van der Waals surface area contributed by atoms with Gasteiger partial charge in [0.1, 0.15) is 12.2 Å². The van der Waals surface area contributed by atoms with Crippen molar-refractivity contribution in [1.29, 1.82) is 0 Å². The Morgan fingerprint density at radius 2 is 2.38 bits per heavy atom. The first kappa shape index (κ1) is 9.00. The van der Waals surface area contributed by atoms with E-state index in [1.165, 1.54) is 6.42 Å². The van der Waals surface area contributed by atoms with Gasteiger partial charge < -0.3 is 4.57 Å². The molecule has 0 N–H and O–H groups in total. The molecule has 0 amide bonds. The maximum absolute atomic E-state index is 5.76. The van der Waals surface area contributed by atoms with Gasteiger partial charge in [0, 0.05) is 6.04 Å². The molecule has 0 aliphatic heterocycles. The van der Waals surface area contributed by atoms with Crippen molar-refractivity contribution in [2.75, 3.05) is 0 Å². The van der Waals surface area contributed by atoms with E-state index in [4.69, 9.17) is 11.6 Å². The molecule has 0 spiro atoms. The fourth-order valence-electron chi connectivity index (χ4n) is 2.00. The van der Waals surface area contributed by atoms with Crippen molar-refractivity contribution in [3.63, 3.8) is 0 Å². The van der Waals surface area contributed by atoms with Crippen LogP contribution < -0.4 is 0 Å². The molecule has 2 rings (SSSR count). The molecule has 1 aliphatic rings. The summed E-state index contributed by atoms with van der Waals surface area (Å²) in [4.78, 5) is 0. The lowest BCUT2D eigenvalue weighted by Gasteiger charge is -2.41. The summed E-state index contributed by atoms with van der Waals surface area (Å²) >= 11 is 5.76. The molecule has 0 aromatic carbocycles. The van der Waals surface area contributed by atoms with E-state index >= 15 is 0 Å². The SMILES string of the molecule is CC1CC(n2cnnc2CCl)C1C. The summed E-state index contributed by atoms with van der Waals surface area (Å²) in [6, 6.07) is 0.568. The number of rotatable bonds is 2. The normalized spacial score (nSPS) is 33.0. The monoisotopic (exact) mass is 199 g/mol. The highest BCUT2D eigenvalue weighted by atomic mass is 35.5. The zero-order chi connectivity index (χ0) is 9.42. The molecule has 1 aliphatic carbocycles. The third-order valence-electron chi connectivity index (χ3n) is 3.24. The number of aromatic nitrogens is 3. The number of hydrogen-bond donors (Lipinski definition) is 0. The van der Waals surface area contributed by atoms with E-state index in [-0.39, 0.29) is 0 Å². The van der Waals surface area contributed by atoms with E-state index in [2.05, 4.69) is 28.6 Å². The van der Waals surface area contributed by atoms with Crippen LogP contribution in [0, 0.1) is 11.8 Å². The van der Waals surface area contributed by atoms with Crippen LogP contribution in [0.3, 0.4) is 0 Å². The number of hydrogen-bond acceptors (Lipinski definition) is 2. The van der Waals surface area contributed by atoms with E-state index in [1.807, 2.05) is 0 Å². The predicted octanol–water partition coefficient (Wildman–Crippen LogP) is 2.23. The molecule has 1 saturated carbocycles. The molecule has 3 nitrogen and oxygen atoms in total. The van der Waals surface area contributed by atoms with Gasteiger partial charge in [-0.05, 0) is 18.3 Å². The lowest BCUT2D eigenvalue weighted by Crippen LogP contribution is -2.35. The van der Waals surface area contributed by atoms with Gasteiger partial charge in [-0.25, -0.2) is 0 Å². The molecular weight excluding hydrogens is 186 g/mol. The molecule has 72 valence electrons. The Bertz CT molecular complexity index is 297. The second kappa shape index (κ2) is 3.29. The van der Waals surface area contributed by atoms with Crippen LogP contribution in [0.15, 0.2) is 6.33 Å². The van der Waals surface area contributed by atoms with Crippen molar-refractivity contribution in [2.24, 2.45) is 11.8 Å². The smallest absolute Gasteiger partial charge is 0.148 e. The molecule has 3 unspecified atom stereocenters. The average molecular weight is 200 g/mol. The first-order valence-corrected chi connectivity index (χ1v) is 5.22. The van der Waals surface area contributed by atoms with E-state index in [1.54, 1.807) is 6.33 Å². The lowest BCUT2D eigenvalue weighted by atomic mass is 9.71. The summed E-state index contributed by atoms with van der Waals surface area (Å²) in [5.74, 6) is 2.89. The highest BCUT2D eigenvalue weighted by molar-refractivity contribution is 6.16. The fourth-order valence-corrected chi connectivity index (χ4v) is 2.19. The molecule has 0 bridgehead atoms. The Morgan fingerprint density at radius 1 is 1.62 bits per heavy atom. The van der Waals surface area contributed by atoms with Crippen molar-refractivity contribution in [1.82, 2.24) is 14.8 Å². The van der Waals surface area contributed by atoms with Crippen LogP contribution in [-0.4, -0.2) is 14.8 Å². The van der Waals surface area contributed by atoms with E-state index in [0.717, 1.165) is 17.7 Å². The second-order valence-corrected chi connectivity index (χ2v) is 4.19. The number of nitrogens with zero attached hydrogens (tertiary/aromatic N) is 3. The molecular formula is C9H14ClN3. The van der Waals surface area contributed by atoms with E-state index < -0.39 is 0 Å². The van der Waals surface area contributed by atoms with Gasteiger partial charge in [0.15, 0.2) is 0 Å². The van der Waals surface area contributed by atoms with E-state index in [9.17, 15) is 0 Å². The van der Waals surface area contributed by atoms with Crippen LogP contribution in [0.4, 0.5) is 0 Å². The zero-order valence-corrected chi connectivity index (χ0v) is 8.70. The van der Waals surface area contributed by atoms with Crippen LogP contribution in [0.2, 0.25) is 0 Å². The van der Waals surface area contributed by atoms with Crippen LogP contribution >= 0.6 is 11.6 Å². The molecule has 4 heteroatoms. The fraction of sp³-hybridized carbons (Fsp3) is 0.778. The van der Waals surface area contributed by atoms with Gasteiger partial charge in [-0.3, -0.25) is 0 Å². The number of halogens is 1. The quantitative estimate of drug-likeness (QED) is 0.684. The van der Waals surface area contributed by atoms with Gasteiger partial charge in [-0.15, -0.1) is 21.8 Å². The summed E-state index contributed by atoms with van der Waals surface area (Å²) in [6.45, 7) is 4.56. The topological polar surface area (TPSA) is 30.7 Å². The molecule has 13 heavy (non-hydrogen) atoms. The molecule has 1 aromatic rings. The van der Waals surface area contributed by atoms with Crippen molar-refractivity contribution in [3.8, 4) is 0 Å².